The van der Waals surface area contributed by atoms with Crippen molar-refractivity contribution in [2.75, 3.05) is 31.1 Å². The van der Waals surface area contributed by atoms with E-state index in [1.54, 1.807) is 11.0 Å². The summed E-state index contributed by atoms with van der Waals surface area (Å²) in [5.74, 6) is 1.84. The van der Waals surface area contributed by atoms with Crippen LogP contribution < -0.4 is 4.90 Å². The summed E-state index contributed by atoms with van der Waals surface area (Å²) in [5.41, 5.74) is 2.15. The zero-order valence-corrected chi connectivity index (χ0v) is 16.0. The predicted molar refractivity (Wildman–Crippen MR) is 107 cm³/mol. The van der Waals surface area contributed by atoms with Gasteiger partial charge in [-0.25, -0.2) is 14.6 Å². The fraction of sp³-hybridized carbons (Fsp3) is 0.333. The number of rotatable bonds is 5. The number of nitrogens with zero attached hydrogens (tertiary/aromatic N) is 6. The molecule has 1 amide bonds. The number of amides is 1. The van der Waals surface area contributed by atoms with Crippen LogP contribution in [0.4, 0.5) is 5.82 Å². The second-order valence-corrected chi connectivity index (χ2v) is 6.99. The first-order chi connectivity index (χ1) is 13.7. The molecule has 1 aliphatic rings. The summed E-state index contributed by atoms with van der Waals surface area (Å²) in [6.07, 6.45) is 4.81. The smallest absolute Gasteiger partial charge is 0.223 e. The first kappa shape index (κ1) is 18.2. The Labute approximate surface area is 164 Å². The van der Waals surface area contributed by atoms with Crippen molar-refractivity contribution in [3.8, 4) is 5.82 Å². The maximum absolute atomic E-state index is 12.5. The van der Waals surface area contributed by atoms with E-state index in [9.17, 15) is 4.79 Å². The number of hydrogen-bond acceptors (Lipinski definition) is 5. The van der Waals surface area contributed by atoms with Crippen molar-refractivity contribution in [3.05, 3.63) is 66.2 Å². The van der Waals surface area contributed by atoms with Crippen molar-refractivity contribution >= 4 is 11.7 Å². The highest BCUT2D eigenvalue weighted by atomic mass is 16.2. The van der Waals surface area contributed by atoms with E-state index in [4.69, 9.17) is 0 Å². The maximum Gasteiger partial charge on any atom is 0.223 e. The minimum absolute atomic E-state index is 0.221. The van der Waals surface area contributed by atoms with Crippen LogP contribution in [0.3, 0.4) is 0 Å². The van der Waals surface area contributed by atoms with E-state index < -0.39 is 0 Å². The van der Waals surface area contributed by atoms with Crippen LogP contribution in [0.1, 0.15) is 17.7 Å². The number of benzene rings is 1. The number of carbonyl (C=O) groups excluding carboxylic acids is 1. The molecule has 0 radical (unpaired) electrons. The molecule has 0 unspecified atom stereocenters. The molecule has 3 aromatic rings. The molecule has 28 heavy (non-hydrogen) atoms. The van der Waals surface area contributed by atoms with Gasteiger partial charge < -0.3 is 9.80 Å². The molecule has 0 bridgehead atoms. The van der Waals surface area contributed by atoms with Gasteiger partial charge >= 0.3 is 0 Å². The molecule has 3 heterocycles. The zero-order chi connectivity index (χ0) is 19.3. The number of aromatic nitrogens is 4. The Balaban J connectivity index is 1.33. The summed E-state index contributed by atoms with van der Waals surface area (Å²) in [4.78, 5) is 25.4. The minimum atomic E-state index is 0.221. The van der Waals surface area contributed by atoms with E-state index in [0.717, 1.165) is 36.8 Å². The van der Waals surface area contributed by atoms with Crippen molar-refractivity contribution in [3.63, 3.8) is 0 Å². The summed E-state index contributed by atoms with van der Waals surface area (Å²) in [5, 5.41) is 4.40. The van der Waals surface area contributed by atoms with Crippen LogP contribution in [-0.4, -0.2) is 56.7 Å². The lowest BCUT2D eigenvalue weighted by atomic mass is 10.1. The Hall–Kier alpha value is -3.22. The molecule has 0 atom stereocenters. The average Bonchev–Trinajstić information content (AvgIpc) is 3.19. The molecule has 0 aliphatic carbocycles. The molecule has 1 aromatic carbocycles. The monoisotopic (exact) mass is 376 g/mol. The number of anilines is 1. The third-order valence-corrected chi connectivity index (χ3v) is 5.02. The third-order valence-electron chi connectivity index (χ3n) is 5.02. The Morgan fingerprint density at radius 2 is 1.75 bits per heavy atom. The maximum atomic E-state index is 12.5. The van der Waals surface area contributed by atoms with Crippen LogP contribution >= 0.6 is 0 Å². The number of aryl methyl sites for hydroxylation is 2. The summed E-state index contributed by atoms with van der Waals surface area (Å²) < 4.78 is 1.75. The van der Waals surface area contributed by atoms with Crippen molar-refractivity contribution < 1.29 is 4.79 Å². The van der Waals surface area contributed by atoms with Gasteiger partial charge in [0.2, 0.25) is 5.91 Å². The highest BCUT2D eigenvalue weighted by molar-refractivity contribution is 5.76. The molecule has 7 nitrogen and oxygen atoms in total. The number of piperazine rings is 1. The first-order valence-electron chi connectivity index (χ1n) is 9.60. The van der Waals surface area contributed by atoms with Gasteiger partial charge in [0, 0.05) is 44.9 Å². The lowest BCUT2D eigenvalue weighted by Gasteiger charge is -2.35. The SMILES string of the molecule is Cc1ccn(-c2cc(N3CCN(C(=O)CCc4ccccc4)CC3)ncn2)n1. The number of carbonyl (C=O) groups is 1. The Kier molecular flexibility index (Phi) is 5.32. The standard InChI is InChI=1S/C21H24N6O/c1-17-9-10-27(24-17)20-15-19(22-16-23-20)25-11-13-26(14-12-25)21(28)8-7-18-5-3-2-4-6-18/h2-6,9-10,15-16H,7-8,11-14H2,1H3. The quantitative estimate of drug-likeness (QED) is 0.683. The molecule has 0 spiro atoms. The summed E-state index contributed by atoms with van der Waals surface area (Å²) in [6, 6.07) is 14.0. The van der Waals surface area contributed by atoms with E-state index in [0.29, 0.717) is 19.5 Å². The van der Waals surface area contributed by atoms with Gasteiger partial charge in [0.15, 0.2) is 5.82 Å². The Morgan fingerprint density at radius 1 is 1.00 bits per heavy atom. The van der Waals surface area contributed by atoms with Crippen LogP contribution in [0.15, 0.2) is 55.0 Å². The third kappa shape index (κ3) is 4.19. The Bertz CT molecular complexity index is 931. The molecule has 2 aromatic heterocycles. The fourth-order valence-corrected chi connectivity index (χ4v) is 3.42. The molecule has 1 aliphatic heterocycles. The second kappa shape index (κ2) is 8.21. The zero-order valence-electron chi connectivity index (χ0n) is 16.0. The van der Waals surface area contributed by atoms with Crippen molar-refractivity contribution in [1.82, 2.24) is 24.6 Å². The van der Waals surface area contributed by atoms with Gasteiger partial charge in [-0.2, -0.15) is 5.10 Å². The predicted octanol–water partition coefficient (Wildman–Crippen LogP) is 2.25. The Morgan fingerprint density at radius 3 is 2.46 bits per heavy atom. The molecule has 4 rings (SSSR count). The summed E-state index contributed by atoms with van der Waals surface area (Å²) in [6.45, 7) is 4.92. The van der Waals surface area contributed by atoms with Gasteiger partial charge in [0.1, 0.15) is 12.1 Å². The molecule has 0 N–H and O–H groups in total. The van der Waals surface area contributed by atoms with Crippen LogP contribution in [0.25, 0.3) is 5.82 Å². The van der Waals surface area contributed by atoms with Crippen LogP contribution in [0.2, 0.25) is 0 Å². The molecule has 1 fully saturated rings. The van der Waals surface area contributed by atoms with Crippen molar-refractivity contribution in [2.24, 2.45) is 0 Å². The fourth-order valence-electron chi connectivity index (χ4n) is 3.42. The minimum Gasteiger partial charge on any atom is -0.353 e. The summed E-state index contributed by atoms with van der Waals surface area (Å²) >= 11 is 0. The summed E-state index contributed by atoms with van der Waals surface area (Å²) in [7, 11) is 0. The lowest BCUT2D eigenvalue weighted by Crippen LogP contribution is -2.49. The van der Waals surface area contributed by atoms with E-state index in [2.05, 4.69) is 32.1 Å². The van der Waals surface area contributed by atoms with Crippen LogP contribution in [0, 0.1) is 6.92 Å². The largest absolute Gasteiger partial charge is 0.353 e. The van der Waals surface area contributed by atoms with Gasteiger partial charge in [-0.15, -0.1) is 0 Å². The highest BCUT2D eigenvalue weighted by Gasteiger charge is 2.22. The average molecular weight is 376 g/mol. The van der Waals surface area contributed by atoms with E-state index >= 15 is 0 Å². The van der Waals surface area contributed by atoms with Gasteiger partial charge in [0.05, 0.1) is 5.69 Å². The molecular weight excluding hydrogens is 352 g/mol. The number of hydrogen-bond donors (Lipinski definition) is 0. The first-order valence-corrected chi connectivity index (χ1v) is 9.60. The normalized spacial score (nSPS) is 14.3. The van der Waals surface area contributed by atoms with Crippen molar-refractivity contribution in [2.45, 2.75) is 19.8 Å². The van der Waals surface area contributed by atoms with Crippen LogP contribution in [-0.2, 0) is 11.2 Å². The molecule has 7 heteroatoms. The van der Waals surface area contributed by atoms with E-state index in [1.165, 1.54) is 5.56 Å². The molecule has 0 saturated carbocycles. The van der Waals surface area contributed by atoms with Gasteiger partial charge in [-0.05, 0) is 25.0 Å². The lowest BCUT2D eigenvalue weighted by molar-refractivity contribution is -0.131. The van der Waals surface area contributed by atoms with E-state index in [1.807, 2.05) is 48.4 Å². The molecule has 144 valence electrons. The highest BCUT2D eigenvalue weighted by Crippen LogP contribution is 2.16. The van der Waals surface area contributed by atoms with Crippen LogP contribution in [0.5, 0.6) is 0 Å². The molecule has 1 saturated heterocycles. The topological polar surface area (TPSA) is 67.2 Å². The second-order valence-electron chi connectivity index (χ2n) is 6.99. The van der Waals surface area contributed by atoms with Gasteiger partial charge in [-0.1, -0.05) is 30.3 Å². The molecular formula is C21H24N6O. The van der Waals surface area contributed by atoms with Gasteiger partial charge in [-0.3, -0.25) is 4.79 Å². The van der Waals surface area contributed by atoms with E-state index in [-0.39, 0.29) is 5.91 Å². The van der Waals surface area contributed by atoms with Gasteiger partial charge in [0.25, 0.3) is 0 Å². The van der Waals surface area contributed by atoms with Crippen molar-refractivity contribution in [1.29, 1.82) is 0 Å².